The van der Waals surface area contributed by atoms with Gasteiger partial charge in [-0.15, -0.1) is 6.58 Å². The lowest BCUT2D eigenvalue weighted by Gasteiger charge is -2.11. The van der Waals surface area contributed by atoms with Gasteiger partial charge in [0.25, 0.3) is 7.52 Å². The zero-order chi connectivity index (χ0) is 7.33. The summed E-state index contributed by atoms with van der Waals surface area (Å²) in [5, 5.41) is 2.59. The molecule has 0 aromatic heterocycles. The molecule has 0 rings (SSSR count). The Morgan fingerprint density at radius 3 is 2.56 bits per heavy atom. The first kappa shape index (κ1) is 8.89. The van der Waals surface area contributed by atoms with Crippen molar-refractivity contribution in [1.82, 2.24) is 5.09 Å². The van der Waals surface area contributed by atoms with E-state index in [1.807, 2.05) is 0 Å². The second-order valence-electron chi connectivity index (χ2n) is 1.55. The molecule has 0 radical (unpaired) electrons. The third kappa shape index (κ3) is 2.80. The molecule has 1 N–H and O–H groups in total. The first-order valence-corrected chi connectivity index (χ1v) is 4.44. The highest BCUT2D eigenvalue weighted by molar-refractivity contribution is 7.57. The first-order chi connectivity index (χ1) is 4.18. The molecule has 0 aliphatic rings. The average molecular weight is 149 g/mol. The Kier molecular flexibility index (Phi) is 3.78. The molecule has 0 saturated heterocycles. The molecule has 54 valence electrons. The molecule has 0 bridgehead atoms. The third-order valence-electron chi connectivity index (χ3n) is 1.01. The summed E-state index contributed by atoms with van der Waals surface area (Å²) in [5.41, 5.74) is 0. The predicted octanol–water partition coefficient (Wildman–Crippen LogP) is 1.23. The van der Waals surface area contributed by atoms with Gasteiger partial charge in [-0.25, -0.2) is 5.09 Å². The predicted molar refractivity (Wildman–Crippen MR) is 38.7 cm³/mol. The maximum atomic E-state index is 11.1. The third-order valence-corrected chi connectivity index (χ3v) is 3.02. The summed E-state index contributed by atoms with van der Waals surface area (Å²) in [5.74, 6) is 0. The van der Waals surface area contributed by atoms with E-state index >= 15 is 0 Å². The topological polar surface area (TPSA) is 38.3 Å². The smallest absolute Gasteiger partial charge is 0.272 e. The minimum Gasteiger partial charge on any atom is -0.321 e. The van der Waals surface area contributed by atoms with E-state index in [1.54, 1.807) is 13.1 Å². The summed E-state index contributed by atoms with van der Waals surface area (Å²) in [6.07, 6.45) is 1.95. The van der Waals surface area contributed by atoms with E-state index in [-0.39, 0.29) is 0 Å². The molecule has 4 heteroatoms. The Bertz CT molecular complexity index is 127. The Balaban J connectivity index is 3.93. The van der Waals surface area contributed by atoms with Gasteiger partial charge >= 0.3 is 0 Å². The van der Waals surface area contributed by atoms with Crippen LogP contribution >= 0.6 is 7.52 Å². The zero-order valence-corrected chi connectivity index (χ0v) is 6.65. The Morgan fingerprint density at radius 1 is 1.89 bits per heavy atom. The van der Waals surface area contributed by atoms with Crippen molar-refractivity contribution in [3.63, 3.8) is 0 Å². The number of hydrogen-bond donors (Lipinski definition) is 1. The van der Waals surface area contributed by atoms with Crippen LogP contribution in [0.1, 0.15) is 0 Å². The standard InChI is InChI=1S/C5H12NO2P/c1-4-5-9(7,6-2)8-3/h4H,1,5H2,2-3H3,(H,6,7). The lowest BCUT2D eigenvalue weighted by Crippen LogP contribution is -2.06. The molecular formula is C5H12NO2P. The van der Waals surface area contributed by atoms with E-state index in [1.165, 1.54) is 7.11 Å². The van der Waals surface area contributed by atoms with Crippen LogP contribution in [0.4, 0.5) is 0 Å². The summed E-state index contributed by atoms with van der Waals surface area (Å²) in [6.45, 7) is 3.45. The van der Waals surface area contributed by atoms with Gasteiger partial charge in [0.05, 0.1) is 6.16 Å². The van der Waals surface area contributed by atoms with Gasteiger partial charge in [-0.1, -0.05) is 6.08 Å². The molecule has 0 aliphatic carbocycles. The van der Waals surface area contributed by atoms with Crippen molar-refractivity contribution in [2.24, 2.45) is 0 Å². The average Bonchev–Trinajstić information content (AvgIpc) is 1.89. The van der Waals surface area contributed by atoms with Crippen molar-refractivity contribution in [2.45, 2.75) is 0 Å². The molecule has 0 aromatic rings. The van der Waals surface area contributed by atoms with Crippen molar-refractivity contribution in [2.75, 3.05) is 20.3 Å². The maximum absolute atomic E-state index is 11.1. The van der Waals surface area contributed by atoms with E-state index in [0.29, 0.717) is 6.16 Å². The van der Waals surface area contributed by atoms with Crippen LogP contribution in [0.25, 0.3) is 0 Å². The van der Waals surface area contributed by atoms with Crippen molar-refractivity contribution < 1.29 is 9.09 Å². The molecule has 0 spiro atoms. The quantitative estimate of drug-likeness (QED) is 0.482. The molecule has 1 unspecified atom stereocenters. The highest BCUT2D eigenvalue weighted by Crippen LogP contribution is 2.39. The van der Waals surface area contributed by atoms with Gasteiger partial charge < -0.3 is 4.52 Å². The van der Waals surface area contributed by atoms with Gasteiger partial charge in [-0.2, -0.15) is 0 Å². The molecule has 1 atom stereocenters. The van der Waals surface area contributed by atoms with Crippen molar-refractivity contribution in [3.05, 3.63) is 12.7 Å². The van der Waals surface area contributed by atoms with Gasteiger partial charge in [0, 0.05) is 7.11 Å². The summed E-state index contributed by atoms with van der Waals surface area (Å²) < 4.78 is 15.8. The van der Waals surface area contributed by atoms with Crippen LogP contribution in [0.15, 0.2) is 12.7 Å². The number of allylic oxidation sites excluding steroid dienone is 1. The second-order valence-corrected chi connectivity index (χ2v) is 4.08. The molecule has 9 heavy (non-hydrogen) atoms. The normalized spacial score (nSPS) is 16.7. The molecule has 0 saturated carbocycles. The minimum atomic E-state index is -2.55. The van der Waals surface area contributed by atoms with Gasteiger partial charge in [0.1, 0.15) is 0 Å². The summed E-state index contributed by atoms with van der Waals surface area (Å²) in [4.78, 5) is 0. The van der Waals surface area contributed by atoms with E-state index in [2.05, 4.69) is 11.7 Å². The monoisotopic (exact) mass is 149 g/mol. The highest BCUT2D eigenvalue weighted by atomic mass is 31.2. The van der Waals surface area contributed by atoms with Crippen molar-refractivity contribution in [3.8, 4) is 0 Å². The fourth-order valence-electron chi connectivity index (χ4n) is 0.427. The largest absolute Gasteiger partial charge is 0.321 e. The molecule has 0 fully saturated rings. The van der Waals surface area contributed by atoms with Crippen molar-refractivity contribution in [1.29, 1.82) is 0 Å². The SMILES string of the molecule is C=CCP(=O)(NC)OC. The Morgan fingerprint density at radius 2 is 2.44 bits per heavy atom. The van der Waals surface area contributed by atoms with Gasteiger partial charge in [-0.3, -0.25) is 4.57 Å². The fourth-order valence-corrected chi connectivity index (χ4v) is 1.28. The zero-order valence-electron chi connectivity index (χ0n) is 5.76. The summed E-state index contributed by atoms with van der Waals surface area (Å²) in [7, 11) is 0.473. The highest BCUT2D eigenvalue weighted by Gasteiger charge is 2.14. The molecule has 0 aliphatic heterocycles. The Hall–Kier alpha value is -0.110. The van der Waals surface area contributed by atoms with Crippen LogP contribution in [0.2, 0.25) is 0 Å². The van der Waals surface area contributed by atoms with Crippen LogP contribution in [-0.2, 0) is 9.09 Å². The van der Waals surface area contributed by atoms with Crippen LogP contribution in [-0.4, -0.2) is 20.3 Å². The molecule has 0 amide bonds. The van der Waals surface area contributed by atoms with Crippen LogP contribution in [0.3, 0.4) is 0 Å². The van der Waals surface area contributed by atoms with Crippen LogP contribution in [0, 0.1) is 0 Å². The lowest BCUT2D eigenvalue weighted by molar-refractivity contribution is 0.388. The summed E-state index contributed by atoms with van der Waals surface area (Å²) >= 11 is 0. The summed E-state index contributed by atoms with van der Waals surface area (Å²) in [6, 6.07) is 0. The first-order valence-electron chi connectivity index (χ1n) is 2.63. The van der Waals surface area contributed by atoms with Gasteiger partial charge in [0.15, 0.2) is 0 Å². The maximum Gasteiger partial charge on any atom is 0.272 e. The van der Waals surface area contributed by atoms with Crippen molar-refractivity contribution >= 4 is 7.52 Å². The molecule has 0 aromatic carbocycles. The van der Waals surface area contributed by atoms with E-state index in [4.69, 9.17) is 4.52 Å². The molecule has 0 heterocycles. The Labute approximate surface area is 55.6 Å². The number of nitrogens with one attached hydrogen (secondary N) is 1. The van der Waals surface area contributed by atoms with Crippen LogP contribution < -0.4 is 5.09 Å². The lowest BCUT2D eigenvalue weighted by atomic mass is 10.8. The van der Waals surface area contributed by atoms with E-state index in [9.17, 15) is 4.57 Å². The minimum absolute atomic E-state index is 0.375. The number of rotatable bonds is 4. The molecular weight excluding hydrogens is 137 g/mol. The molecule has 3 nitrogen and oxygen atoms in total. The van der Waals surface area contributed by atoms with Crippen LogP contribution in [0.5, 0.6) is 0 Å². The van der Waals surface area contributed by atoms with Gasteiger partial charge in [-0.05, 0) is 7.05 Å². The van der Waals surface area contributed by atoms with Gasteiger partial charge in [0.2, 0.25) is 0 Å². The number of hydrogen-bond acceptors (Lipinski definition) is 2. The fraction of sp³-hybridized carbons (Fsp3) is 0.600. The van der Waals surface area contributed by atoms with E-state index in [0.717, 1.165) is 0 Å². The second kappa shape index (κ2) is 3.83. The van der Waals surface area contributed by atoms with E-state index < -0.39 is 7.52 Å².